The Morgan fingerprint density at radius 1 is 1.36 bits per heavy atom. The maximum absolute atomic E-state index is 8.95. The van der Waals surface area contributed by atoms with Gasteiger partial charge in [0.25, 0.3) is 0 Å². The minimum Gasteiger partial charge on any atom is -0.495 e. The molecule has 0 saturated carbocycles. The summed E-state index contributed by atoms with van der Waals surface area (Å²) in [5.74, 6) is -0.245. The molecule has 0 fully saturated rings. The maximum atomic E-state index is 8.95. The highest BCUT2D eigenvalue weighted by Crippen LogP contribution is 2.18. The summed E-state index contributed by atoms with van der Waals surface area (Å²) in [6, 6.07) is 7.75. The molecule has 0 aliphatic carbocycles. The van der Waals surface area contributed by atoms with Gasteiger partial charge in [-0.15, -0.1) is 0 Å². The van der Waals surface area contributed by atoms with Crippen LogP contribution in [0.5, 0.6) is 0 Å². The Balaban J connectivity index is 3.15. The number of aliphatic hydroxyl groups excluding tert-OH is 1. The van der Waals surface area contributed by atoms with Crippen LogP contribution >= 0.6 is 0 Å². The molecule has 3 heteroatoms. The van der Waals surface area contributed by atoms with Crippen LogP contribution in [0.2, 0.25) is 0 Å². The number of benzene rings is 1. The Kier molecular flexibility index (Phi) is 3.18. The van der Waals surface area contributed by atoms with Crippen molar-refractivity contribution in [1.29, 1.82) is 0 Å². The summed E-state index contributed by atoms with van der Waals surface area (Å²) in [7, 11) is 0. The molecule has 0 aromatic heterocycles. The first-order chi connectivity index (χ1) is 6.65. The molecular weight excluding hydrogens is 176 g/mol. The standard InChI is InChI=1S/C11H14N2O/c1-8-4-2-3-5-10(8)9(7-12)6-11(13)14/h2-7,14H,12-13H2,1H3/b9-7+,11-6+. The van der Waals surface area contributed by atoms with E-state index in [1.54, 1.807) is 0 Å². The van der Waals surface area contributed by atoms with Gasteiger partial charge < -0.3 is 16.6 Å². The molecule has 0 atom stereocenters. The summed E-state index contributed by atoms with van der Waals surface area (Å²) in [4.78, 5) is 0. The number of aryl methyl sites for hydroxylation is 1. The minimum absolute atomic E-state index is 0.245. The summed E-state index contributed by atoms with van der Waals surface area (Å²) in [5, 5.41) is 8.95. The second kappa shape index (κ2) is 4.37. The van der Waals surface area contributed by atoms with Crippen molar-refractivity contribution in [2.24, 2.45) is 11.5 Å². The molecule has 0 spiro atoms. The Morgan fingerprint density at radius 2 is 2.00 bits per heavy atom. The van der Waals surface area contributed by atoms with Gasteiger partial charge in [-0.3, -0.25) is 0 Å². The van der Waals surface area contributed by atoms with E-state index in [9.17, 15) is 0 Å². The van der Waals surface area contributed by atoms with E-state index < -0.39 is 0 Å². The molecule has 0 amide bonds. The van der Waals surface area contributed by atoms with Crippen molar-refractivity contribution in [2.75, 3.05) is 0 Å². The van der Waals surface area contributed by atoms with Crippen molar-refractivity contribution in [3.05, 3.63) is 53.6 Å². The number of aliphatic hydroxyl groups is 1. The molecule has 0 heterocycles. The third-order valence-electron chi connectivity index (χ3n) is 1.94. The Morgan fingerprint density at radius 3 is 2.50 bits per heavy atom. The van der Waals surface area contributed by atoms with E-state index in [2.05, 4.69) is 0 Å². The second-order valence-corrected chi connectivity index (χ2v) is 3.01. The van der Waals surface area contributed by atoms with Crippen molar-refractivity contribution in [1.82, 2.24) is 0 Å². The normalized spacial score (nSPS) is 12.9. The smallest absolute Gasteiger partial charge is 0.182 e. The zero-order valence-corrected chi connectivity index (χ0v) is 8.07. The molecule has 1 rings (SSSR count). The lowest BCUT2D eigenvalue weighted by Crippen LogP contribution is -1.97. The molecule has 3 nitrogen and oxygen atoms in total. The zero-order valence-electron chi connectivity index (χ0n) is 8.07. The van der Waals surface area contributed by atoms with Crippen molar-refractivity contribution >= 4 is 5.57 Å². The molecule has 74 valence electrons. The first kappa shape index (κ1) is 10.2. The molecule has 0 saturated heterocycles. The summed E-state index contributed by atoms with van der Waals surface area (Å²) in [6.45, 7) is 1.97. The predicted octanol–water partition coefficient (Wildman–Crippen LogP) is 1.65. The average molecular weight is 190 g/mol. The molecule has 0 radical (unpaired) electrons. The molecule has 1 aromatic carbocycles. The van der Waals surface area contributed by atoms with Crippen LogP contribution in [-0.4, -0.2) is 5.11 Å². The van der Waals surface area contributed by atoms with Crippen LogP contribution in [0.25, 0.3) is 5.57 Å². The van der Waals surface area contributed by atoms with E-state index in [1.807, 2.05) is 31.2 Å². The van der Waals surface area contributed by atoms with Crippen LogP contribution in [0.4, 0.5) is 0 Å². The van der Waals surface area contributed by atoms with Gasteiger partial charge in [-0.2, -0.15) is 0 Å². The predicted molar refractivity (Wildman–Crippen MR) is 58.2 cm³/mol. The summed E-state index contributed by atoms with van der Waals surface area (Å²) < 4.78 is 0. The quantitative estimate of drug-likeness (QED) is 0.490. The monoisotopic (exact) mass is 190 g/mol. The molecule has 0 aliphatic heterocycles. The fraction of sp³-hybridized carbons (Fsp3) is 0.0909. The van der Waals surface area contributed by atoms with Crippen LogP contribution in [0, 0.1) is 6.92 Å². The fourth-order valence-electron chi connectivity index (χ4n) is 1.27. The Bertz CT molecular complexity index is 377. The van der Waals surface area contributed by atoms with Gasteiger partial charge >= 0.3 is 0 Å². The highest BCUT2D eigenvalue weighted by Gasteiger charge is 2.01. The molecule has 0 aliphatic rings. The number of hydrogen-bond donors (Lipinski definition) is 3. The summed E-state index contributed by atoms with van der Waals surface area (Å²) in [6.07, 6.45) is 2.85. The highest BCUT2D eigenvalue weighted by molar-refractivity contribution is 5.75. The fourth-order valence-corrected chi connectivity index (χ4v) is 1.27. The van der Waals surface area contributed by atoms with Crippen LogP contribution < -0.4 is 11.5 Å². The summed E-state index contributed by atoms with van der Waals surface area (Å²) >= 11 is 0. The molecular formula is C11H14N2O. The van der Waals surface area contributed by atoms with E-state index in [-0.39, 0.29) is 5.88 Å². The Hall–Kier alpha value is -1.90. The topological polar surface area (TPSA) is 72.3 Å². The number of nitrogens with two attached hydrogens (primary N) is 2. The average Bonchev–Trinajstić information content (AvgIpc) is 2.15. The van der Waals surface area contributed by atoms with Gasteiger partial charge in [0, 0.05) is 17.8 Å². The van der Waals surface area contributed by atoms with Crippen LogP contribution in [0.1, 0.15) is 11.1 Å². The van der Waals surface area contributed by atoms with E-state index in [1.165, 1.54) is 12.3 Å². The first-order valence-electron chi connectivity index (χ1n) is 4.29. The molecule has 0 bridgehead atoms. The van der Waals surface area contributed by atoms with Gasteiger partial charge in [0.1, 0.15) is 0 Å². The lowest BCUT2D eigenvalue weighted by Gasteiger charge is -2.05. The van der Waals surface area contributed by atoms with Crippen molar-refractivity contribution < 1.29 is 5.11 Å². The van der Waals surface area contributed by atoms with Gasteiger partial charge in [-0.1, -0.05) is 24.3 Å². The van der Waals surface area contributed by atoms with Crippen molar-refractivity contribution in [3.63, 3.8) is 0 Å². The largest absolute Gasteiger partial charge is 0.495 e. The SMILES string of the molecule is Cc1ccccc1C(/C=C(\N)O)=C/N. The van der Waals surface area contributed by atoms with Gasteiger partial charge in [0.15, 0.2) is 5.88 Å². The molecule has 1 aromatic rings. The van der Waals surface area contributed by atoms with E-state index in [0.29, 0.717) is 5.57 Å². The molecule has 5 N–H and O–H groups in total. The van der Waals surface area contributed by atoms with Gasteiger partial charge in [-0.05, 0) is 18.1 Å². The lowest BCUT2D eigenvalue weighted by molar-refractivity contribution is 0.406. The number of rotatable bonds is 2. The zero-order chi connectivity index (χ0) is 10.6. The maximum Gasteiger partial charge on any atom is 0.182 e. The van der Waals surface area contributed by atoms with Crippen LogP contribution in [0.15, 0.2) is 42.4 Å². The van der Waals surface area contributed by atoms with Gasteiger partial charge in [-0.25, -0.2) is 0 Å². The number of hydrogen-bond acceptors (Lipinski definition) is 3. The molecule has 14 heavy (non-hydrogen) atoms. The Labute approximate surface area is 83.4 Å². The minimum atomic E-state index is -0.245. The third-order valence-corrected chi connectivity index (χ3v) is 1.94. The highest BCUT2D eigenvalue weighted by atomic mass is 16.3. The molecule has 0 unspecified atom stereocenters. The lowest BCUT2D eigenvalue weighted by atomic mass is 10.0. The van der Waals surface area contributed by atoms with E-state index >= 15 is 0 Å². The van der Waals surface area contributed by atoms with Gasteiger partial charge in [0.05, 0.1) is 0 Å². The van der Waals surface area contributed by atoms with E-state index in [0.717, 1.165) is 11.1 Å². The van der Waals surface area contributed by atoms with Crippen molar-refractivity contribution in [2.45, 2.75) is 6.92 Å². The first-order valence-corrected chi connectivity index (χ1v) is 4.29. The van der Waals surface area contributed by atoms with Crippen LogP contribution in [-0.2, 0) is 0 Å². The van der Waals surface area contributed by atoms with Crippen molar-refractivity contribution in [3.8, 4) is 0 Å². The van der Waals surface area contributed by atoms with E-state index in [4.69, 9.17) is 16.6 Å². The number of allylic oxidation sites excluding steroid dienone is 2. The third kappa shape index (κ3) is 2.29. The van der Waals surface area contributed by atoms with Crippen LogP contribution in [0.3, 0.4) is 0 Å². The van der Waals surface area contributed by atoms with Gasteiger partial charge in [0.2, 0.25) is 0 Å². The summed E-state index contributed by atoms with van der Waals surface area (Å²) in [5.41, 5.74) is 13.4. The second-order valence-electron chi connectivity index (χ2n) is 3.01.